The van der Waals surface area contributed by atoms with Crippen LogP contribution in [0.25, 0.3) is 20.3 Å². The molecule has 1 amide bonds. The van der Waals surface area contributed by atoms with Crippen LogP contribution in [0, 0.1) is 6.92 Å². The van der Waals surface area contributed by atoms with E-state index in [-0.39, 0.29) is 25.7 Å². The number of aliphatic hydroxyl groups excluding tert-OH is 1. The molecule has 0 saturated heterocycles. The quantitative estimate of drug-likeness (QED) is 0.756. The number of aromatic nitrogens is 1. The van der Waals surface area contributed by atoms with Crippen LogP contribution < -0.4 is 10.1 Å². The van der Waals surface area contributed by atoms with Gasteiger partial charge in [0, 0.05) is 18.0 Å². The number of fused-ring (bicyclic) bond motifs is 3. The van der Waals surface area contributed by atoms with Gasteiger partial charge in [0.15, 0.2) is 6.61 Å². The van der Waals surface area contributed by atoms with Gasteiger partial charge in [-0.3, -0.25) is 4.79 Å². The van der Waals surface area contributed by atoms with E-state index in [2.05, 4.69) is 10.3 Å². The van der Waals surface area contributed by atoms with Gasteiger partial charge in [0.2, 0.25) is 0 Å². The van der Waals surface area contributed by atoms with E-state index in [1.165, 1.54) is 0 Å². The minimum Gasteiger partial charge on any atom is -0.483 e. The molecule has 0 atom stereocenters. The zero-order chi connectivity index (χ0) is 14.8. The summed E-state index contributed by atoms with van der Waals surface area (Å²) in [4.78, 5) is 16.1. The number of nitrogens with one attached hydrogen (secondary N) is 1. The SMILES string of the molecule is Cc1nc2c(cc(OCC(=O)NCCO)c3ccsc32)s1. The van der Waals surface area contributed by atoms with Gasteiger partial charge in [-0.15, -0.1) is 22.7 Å². The van der Waals surface area contributed by atoms with Crippen molar-refractivity contribution >= 4 is 48.9 Å². The second kappa shape index (κ2) is 5.97. The predicted molar refractivity (Wildman–Crippen MR) is 85.3 cm³/mol. The van der Waals surface area contributed by atoms with E-state index >= 15 is 0 Å². The summed E-state index contributed by atoms with van der Waals surface area (Å²) in [5.41, 5.74) is 1.000. The second-order valence-electron chi connectivity index (χ2n) is 4.48. The van der Waals surface area contributed by atoms with Crippen molar-refractivity contribution in [2.75, 3.05) is 19.8 Å². The Balaban J connectivity index is 1.90. The van der Waals surface area contributed by atoms with Gasteiger partial charge in [-0.1, -0.05) is 0 Å². The fourth-order valence-electron chi connectivity index (χ4n) is 2.10. The van der Waals surface area contributed by atoms with Crippen LogP contribution >= 0.6 is 22.7 Å². The molecule has 21 heavy (non-hydrogen) atoms. The number of rotatable bonds is 5. The summed E-state index contributed by atoms with van der Waals surface area (Å²) in [5, 5.41) is 15.2. The van der Waals surface area contributed by atoms with Crippen LogP contribution in [-0.2, 0) is 4.79 Å². The smallest absolute Gasteiger partial charge is 0.258 e. The molecule has 5 nitrogen and oxygen atoms in total. The van der Waals surface area contributed by atoms with E-state index in [1.807, 2.05) is 24.4 Å². The van der Waals surface area contributed by atoms with Gasteiger partial charge in [-0.25, -0.2) is 4.98 Å². The Hall–Kier alpha value is -1.70. The highest BCUT2D eigenvalue weighted by molar-refractivity contribution is 7.21. The lowest BCUT2D eigenvalue weighted by Gasteiger charge is -2.08. The Morgan fingerprint density at radius 3 is 3.19 bits per heavy atom. The summed E-state index contributed by atoms with van der Waals surface area (Å²) < 4.78 is 7.79. The second-order valence-corrected chi connectivity index (χ2v) is 6.63. The number of aryl methyl sites for hydroxylation is 1. The molecule has 0 aliphatic rings. The molecule has 7 heteroatoms. The van der Waals surface area contributed by atoms with Gasteiger partial charge in [-0.2, -0.15) is 0 Å². The van der Waals surface area contributed by atoms with Crippen LogP contribution in [0.1, 0.15) is 5.01 Å². The molecule has 2 N–H and O–H groups in total. The molecule has 0 spiro atoms. The highest BCUT2D eigenvalue weighted by Gasteiger charge is 2.13. The largest absolute Gasteiger partial charge is 0.483 e. The molecule has 2 heterocycles. The van der Waals surface area contributed by atoms with E-state index in [1.54, 1.807) is 22.7 Å². The Bertz CT molecular complexity index is 794. The van der Waals surface area contributed by atoms with Crippen molar-refractivity contribution in [2.24, 2.45) is 0 Å². The maximum atomic E-state index is 11.6. The molecule has 110 valence electrons. The number of hydrogen-bond acceptors (Lipinski definition) is 6. The van der Waals surface area contributed by atoms with Crippen LogP contribution in [0.3, 0.4) is 0 Å². The monoisotopic (exact) mass is 322 g/mol. The van der Waals surface area contributed by atoms with Crippen molar-refractivity contribution in [1.82, 2.24) is 10.3 Å². The molecule has 0 radical (unpaired) electrons. The number of thiophene rings is 1. The van der Waals surface area contributed by atoms with E-state index in [0.29, 0.717) is 5.75 Å². The Labute approximate surface area is 129 Å². The van der Waals surface area contributed by atoms with E-state index < -0.39 is 0 Å². The lowest BCUT2D eigenvalue weighted by Crippen LogP contribution is -2.31. The third-order valence-corrected chi connectivity index (χ3v) is 4.80. The third kappa shape index (κ3) is 2.85. The molecule has 3 aromatic rings. The first-order valence-electron chi connectivity index (χ1n) is 6.46. The molecule has 3 rings (SSSR count). The molecule has 0 unspecified atom stereocenters. The van der Waals surface area contributed by atoms with Gasteiger partial charge >= 0.3 is 0 Å². The molecule has 0 fully saturated rings. The number of hydrogen-bond donors (Lipinski definition) is 2. The molecular weight excluding hydrogens is 308 g/mol. The number of ether oxygens (including phenoxy) is 1. The topological polar surface area (TPSA) is 71.5 Å². The van der Waals surface area contributed by atoms with Crippen LogP contribution in [0.4, 0.5) is 0 Å². The van der Waals surface area contributed by atoms with Crippen molar-refractivity contribution in [3.05, 3.63) is 22.5 Å². The standard InChI is InChI=1S/C14H14N2O3S2/c1-8-16-13-11(21-8)6-10(9-2-5-20-14(9)13)19-7-12(18)15-3-4-17/h2,5-6,17H,3-4,7H2,1H3,(H,15,18). The zero-order valence-electron chi connectivity index (χ0n) is 11.4. The lowest BCUT2D eigenvalue weighted by molar-refractivity contribution is -0.123. The molecular formula is C14H14N2O3S2. The van der Waals surface area contributed by atoms with Crippen LogP contribution in [0.15, 0.2) is 17.5 Å². The normalized spacial score (nSPS) is 11.1. The summed E-state index contributed by atoms with van der Waals surface area (Å²) in [6.07, 6.45) is 0. The third-order valence-electron chi connectivity index (χ3n) is 2.96. The number of thiazole rings is 1. The lowest BCUT2D eigenvalue weighted by atomic mass is 10.2. The number of amides is 1. The molecule has 1 aromatic carbocycles. The van der Waals surface area contributed by atoms with Crippen LogP contribution in [0.2, 0.25) is 0 Å². The average Bonchev–Trinajstić information content (AvgIpc) is 3.07. The van der Waals surface area contributed by atoms with E-state index in [4.69, 9.17) is 9.84 Å². The van der Waals surface area contributed by atoms with Gasteiger partial charge in [-0.05, 0) is 18.4 Å². The van der Waals surface area contributed by atoms with Crippen LogP contribution in [-0.4, -0.2) is 35.8 Å². The number of benzene rings is 1. The minimum absolute atomic E-state index is 0.0613. The van der Waals surface area contributed by atoms with E-state index in [0.717, 1.165) is 25.3 Å². The number of aliphatic hydroxyl groups is 1. The number of carbonyl (C=O) groups excluding carboxylic acids is 1. The predicted octanol–water partition coefficient (Wildman–Crippen LogP) is 2.31. The zero-order valence-corrected chi connectivity index (χ0v) is 13.0. The molecule has 0 aliphatic heterocycles. The highest BCUT2D eigenvalue weighted by atomic mass is 32.1. The summed E-state index contributed by atoms with van der Waals surface area (Å²) in [6.45, 7) is 2.08. The van der Waals surface area contributed by atoms with Gasteiger partial charge < -0.3 is 15.2 Å². The summed E-state index contributed by atoms with van der Waals surface area (Å²) in [5.74, 6) is 0.453. The van der Waals surface area contributed by atoms with E-state index in [9.17, 15) is 4.79 Å². The minimum atomic E-state index is -0.243. The Morgan fingerprint density at radius 2 is 2.38 bits per heavy atom. The maximum Gasteiger partial charge on any atom is 0.258 e. The number of nitrogens with zero attached hydrogens (tertiary/aromatic N) is 1. The highest BCUT2D eigenvalue weighted by Crippen LogP contribution is 2.38. The Kier molecular flexibility index (Phi) is 4.05. The molecule has 0 aliphatic carbocycles. The van der Waals surface area contributed by atoms with Crippen molar-refractivity contribution in [1.29, 1.82) is 0 Å². The summed E-state index contributed by atoms with van der Waals surface area (Å²) >= 11 is 3.24. The van der Waals surface area contributed by atoms with Crippen molar-refractivity contribution in [3.63, 3.8) is 0 Å². The van der Waals surface area contributed by atoms with Crippen molar-refractivity contribution in [2.45, 2.75) is 6.92 Å². The van der Waals surface area contributed by atoms with Gasteiger partial charge in [0.25, 0.3) is 5.91 Å². The first kappa shape index (κ1) is 14.2. The molecule has 2 aromatic heterocycles. The average molecular weight is 322 g/mol. The van der Waals surface area contributed by atoms with Crippen LogP contribution in [0.5, 0.6) is 5.75 Å². The van der Waals surface area contributed by atoms with Gasteiger partial charge in [0.1, 0.15) is 5.75 Å². The van der Waals surface area contributed by atoms with Crippen molar-refractivity contribution in [3.8, 4) is 5.75 Å². The van der Waals surface area contributed by atoms with Gasteiger partial charge in [0.05, 0.1) is 26.5 Å². The number of carbonyl (C=O) groups is 1. The summed E-state index contributed by atoms with van der Waals surface area (Å²) in [7, 11) is 0. The summed E-state index contributed by atoms with van der Waals surface area (Å²) in [6, 6.07) is 3.92. The molecule has 0 bridgehead atoms. The first-order chi connectivity index (χ1) is 10.2. The maximum absolute atomic E-state index is 11.6. The fraction of sp³-hybridized carbons (Fsp3) is 0.286. The Morgan fingerprint density at radius 1 is 1.52 bits per heavy atom. The first-order valence-corrected chi connectivity index (χ1v) is 8.16. The molecule has 0 saturated carbocycles. The van der Waals surface area contributed by atoms with Crippen molar-refractivity contribution < 1.29 is 14.6 Å². The fourth-order valence-corrected chi connectivity index (χ4v) is 3.93.